The highest BCUT2D eigenvalue weighted by molar-refractivity contribution is 5.54. The number of benzene rings is 1. The van der Waals surface area contributed by atoms with Gasteiger partial charge in [0.1, 0.15) is 5.82 Å². The van der Waals surface area contributed by atoms with Gasteiger partial charge in [0.25, 0.3) is 0 Å². The summed E-state index contributed by atoms with van der Waals surface area (Å²) in [6, 6.07) is 9.47. The highest BCUT2D eigenvalue weighted by Gasteiger charge is 1.97. The van der Waals surface area contributed by atoms with Crippen LogP contribution in [-0.4, -0.2) is 9.97 Å². The second kappa shape index (κ2) is 3.96. The van der Waals surface area contributed by atoms with Crippen LogP contribution in [0.15, 0.2) is 30.3 Å². The predicted octanol–water partition coefficient (Wildman–Crippen LogP) is 1.91. The summed E-state index contributed by atoms with van der Waals surface area (Å²) in [4.78, 5) is 7.95. The molecule has 0 unspecified atom stereocenters. The number of hydrogen-bond acceptors (Lipinski definition) is 4. The van der Waals surface area contributed by atoms with Crippen LogP contribution in [0, 0.1) is 13.1 Å². The van der Waals surface area contributed by atoms with Gasteiger partial charge in [0.2, 0.25) is 5.95 Å². The van der Waals surface area contributed by atoms with Gasteiger partial charge in [0.15, 0.2) is 0 Å². The Kier molecular flexibility index (Phi) is 2.49. The Morgan fingerprint density at radius 2 is 2.00 bits per heavy atom. The van der Waals surface area contributed by atoms with Crippen LogP contribution in [0.3, 0.4) is 0 Å². The second-order valence-electron chi connectivity index (χ2n) is 3.24. The molecular formula is C11H11N4. The molecule has 75 valence electrons. The van der Waals surface area contributed by atoms with E-state index in [4.69, 9.17) is 5.73 Å². The maximum absolute atomic E-state index is 5.51. The minimum absolute atomic E-state index is 0.402. The van der Waals surface area contributed by atoms with Gasteiger partial charge < -0.3 is 11.1 Å². The molecule has 0 saturated carbocycles. The van der Waals surface area contributed by atoms with Gasteiger partial charge >= 0.3 is 0 Å². The van der Waals surface area contributed by atoms with Crippen molar-refractivity contribution in [3.63, 3.8) is 0 Å². The molecule has 15 heavy (non-hydrogen) atoms. The number of aryl methyl sites for hydroxylation is 1. The van der Waals surface area contributed by atoms with Gasteiger partial charge in [0, 0.05) is 11.8 Å². The van der Waals surface area contributed by atoms with Gasteiger partial charge in [-0.1, -0.05) is 17.7 Å². The Balaban J connectivity index is 2.18. The molecule has 1 heterocycles. The molecule has 2 aromatic rings. The fraction of sp³-hybridized carbons (Fsp3) is 0.0909. The van der Waals surface area contributed by atoms with E-state index in [0.717, 1.165) is 5.69 Å². The lowest BCUT2D eigenvalue weighted by Crippen LogP contribution is -1.99. The monoisotopic (exact) mass is 199 g/mol. The average Bonchev–Trinajstić information content (AvgIpc) is 2.22. The smallest absolute Gasteiger partial charge is 0.229 e. The van der Waals surface area contributed by atoms with Gasteiger partial charge in [-0.05, 0) is 19.1 Å². The molecule has 1 aromatic carbocycles. The molecule has 3 N–H and O–H groups in total. The van der Waals surface area contributed by atoms with Crippen LogP contribution in [0.1, 0.15) is 5.56 Å². The topological polar surface area (TPSA) is 63.8 Å². The summed E-state index contributed by atoms with van der Waals surface area (Å²) in [6.07, 6.45) is 2.66. The molecule has 0 aliphatic carbocycles. The standard InChI is InChI=1S/C11H11N4/c1-8-2-4-9(5-3-8)14-11-13-7-6-10(12)15-11/h2-6H,1H3,(H3,12,13,14,15). The Labute approximate surface area is 88.2 Å². The van der Waals surface area contributed by atoms with E-state index < -0.39 is 0 Å². The molecule has 0 fully saturated rings. The number of anilines is 3. The summed E-state index contributed by atoms with van der Waals surface area (Å²) >= 11 is 0. The first kappa shape index (κ1) is 9.45. The highest BCUT2D eigenvalue weighted by atomic mass is 15.1. The Morgan fingerprint density at radius 3 is 2.67 bits per heavy atom. The van der Waals surface area contributed by atoms with Crippen molar-refractivity contribution in [1.29, 1.82) is 0 Å². The van der Waals surface area contributed by atoms with Crippen molar-refractivity contribution in [2.75, 3.05) is 11.1 Å². The van der Waals surface area contributed by atoms with Crippen LogP contribution < -0.4 is 11.1 Å². The van der Waals surface area contributed by atoms with Gasteiger partial charge in [-0.2, -0.15) is 4.98 Å². The summed E-state index contributed by atoms with van der Waals surface area (Å²) in [5.41, 5.74) is 7.65. The molecule has 2 rings (SSSR count). The summed E-state index contributed by atoms with van der Waals surface area (Å²) in [6.45, 7) is 2.04. The molecule has 0 amide bonds. The molecule has 4 heteroatoms. The fourth-order valence-electron chi connectivity index (χ4n) is 1.16. The summed E-state index contributed by atoms with van der Waals surface area (Å²) in [7, 11) is 0. The zero-order chi connectivity index (χ0) is 10.7. The summed E-state index contributed by atoms with van der Waals surface area (Å²) in [5, 5.41) is 3.04. The molecule has 0 bridgehead atoms. The minimum Gasteiger partial charge on any atom is -0.384 e. The van der Waals surface area contributed by atoms with E-state index >= 15 is 0 Å². The normalized spacial score (nSPS) is 9.93. The van der Waals surface area contributed by atoms with Crippen molar-refractivity contribution < 1.29 is 0 Å². The number of nitrogens with two attached hydrogens (primary N) is 1. The first-order valence-corrected chi connectivity index (χ1v) is 4.58. The molecule has 0 saturated heterocycles. The zero-order valence-electron chi connectivity index (χ0n) is 8.36. The molecule has 4 nitrogen and oxygen atoms in total. The Hall–Kier alpha value is -2.10. The quantitative estimate of drug-likeness (QED) is 0.775. The van der Waals surface area contributed by atoms with E-state index in [-0.39, 0.29) is 0 Å². The third-order valence-electron chi connectivity index (χ3n) is 1.93. The van der Waals surface area contributed by atoms with Crippen molar-refractivity contribution in [3.05, 3.63) is 42.1 Å². The third-order valence-corrected chi connectivity index (χ3v) is 1.93. The minimum atomic E-state index is 0.402. The molecule has 0 aliphatic heterocycles. The summed E-state index contributed by atoms with van der Waals surface area (Å²) in [5.74, 6) is 0.860. The first-order chi connectivity index (χ1) is 7.24. The molecule has 0 aliphatic rings. The Bertz CT molecular complexity index is 450. The molecule has 0 atom stereocenters. The van der Waals surface area contributed by atoms with Crippen LogP contribution in [0.2, 0.25) is 0 Å². The van der Waals surface area contributed by atoms with Gasteiger partial charge in [-0.25, -0.2) is 4.98 Å². The van der Waals surface area contributed by atoms with Gasteiger partial charge in [0.05, 0.1) is 6.20 Å². The molecule has 1 aromatic heterocycles. The van der Waals surface area contributed by atoms with Crippen LogP contribution in [-0.2, 0) is 0 Å². The van der Waals surface area contributed by atoms with E-state index in [0.29, 0.717) is 11.8 Å². The lowest BCUT2D eigenvalue weighted by molar-refractivity contribution is 1.17. The number of nitrogens with zero attached hydrogens (tertiary/aromatic N) is 2. The van der Waals surface area contributed by atoms with Crippen LogP contribution in [0.4, 0.5) is 17.5 Å². The van der Waals surface area contributed by atoms with Gasteiger partial charge in [-0.3, -0.25) is 0 Å². The number of hydrogen-bond donors (Lipinski definition) is 2. The summed E-state index contributed by atoms with van der Waals surface area (Å²) < 4.78 is 0. The van der Waals surface area contributed by atoms with Crippen LogP contribution in [0.5, 0.6) is 0 Å². The zero-order valence-corrected chi connectivity index (χ0v) is 8.36. The number of nitrogen functional groups attached to an aromatic ring is 1. The van der Waals surface area contributed by atoms with E-state index in [2.05, 4.69) is 21.5 Å². The third kappa shape index (κ3) is 2.43. The van der Waals surface area contributed by atoms with Crippen molar-refractivity contribution in [3.8, 4) is 0 Å². The maximum atomic E-state index is 5.51. The number of rotatable bonds is 2. The van der Waals surface area contributed by atoms with E-state index in [1.165, 1.54) is 11.6 Å². The lowest BCUT2D eigenvalue weighted by Gasteiger charge is -2.04. The number of nitrogens with one attached hydrogen (secondary N) is 1. The molecular weight excluding hydrogens is 188 g/mol. The second-order valence-corrected chi connectivity index (χ2v) is 3.24. The fourth-order valence-corrected chi connectivity index (χ4v) is 1.16. The maximum Gasteiger partial charge on any atom is 0.229 e. The first-order valence-electron chi connectivity index (χ1n) is 4.58. The van der Waals surface area contributed by atoms with Crippen LogP contribution in [0.25, 0.3) is 0 Å². The van der Waals surface area contributed by atoms with Crippen molar-refractivity contribution in [2.45, 2.75) is 6.92 Å². The van der Waals surface area contributed by atoms with Crippen molar-refractivity contribution in [1.82, 2.24) is 9.97 Å². The van der Waals surface area contributed by atoms with Crippen molar-refractivity contribution >= 4 is 17.5 Å². The van der Waals surface area contributed by atoms with E-state index in [9.17, 15) is 0 Å². The van der Waals surface area contributed by atoms with E-state index in [1.807, 2.05) is 31.2 Å². The SMILES string of the molecule is Cc1ccc(Nc2n[c]cc(N)n2)cc1. The average molecular weight is 199 g/mol. The number of aromatic nitrogens is 2. The van der Waals surface area contributed by atoms with Crippen molar-refractivity contribution in [2.24, 2.45) is 0 Å². The molecule has 1 radical (unpaired) electrons. The largest absolute Gasteiger partial charge is 0.384 e. The highest BCUT2D eigenvalue weighted by Crippen LogP contribution is 2.13. The predicted molar refractivity (Wildman–Crippen MR) is 59.7 cm³/mol. The Morgan fingerprint density at radius 1 is 1.27 bits per heavy atom. The van der Waals surface area contributed by atoms with E-state index in [1.54, 1.807) is 0 Å². The van der Waals surface area contributed by atoms with Crippen LogP contribution >= 0.6 is 0 Å². The molecule has 0 spiro atoms. The lowest BCUT2D eigenvalue weighted by atomic mass is 10.2. The van der Waals surface area contributed by atoms with Gasteiger partial charge in [-0.15, -0.1) is 0 Å².